The van der Waals surface area contributed by atoms with Crippen molar-refractivity contribution in [2.24, 2.45) is 0 Å². The molecule has 9 nitrogen and oxygen atoms in total. The second-order valence-electron chi connectivity index (χ2n) is 4.24. The van der Waals surface area contributed by atoms with Crippen LogP contribution in [0.1, 0.15) is 12.6 Å². The fourth-order valence-corrected chi connectivity index (χ4v) is 1.95. The maximum absolute atomic E-state index is 11.6. The Morgan fingerprint density at radius 3 is 2.68 bits per heavy atom. The Balaban J connectivity index is 2.38. The van der Waals surface area contributed by atoms with E-state index in [1.807, 2.05) is 4.98 Å². The maximum atomic E-state index is 11.6. The molecular weight excluding hydrogens is 259 g/mol. The molecule has 5 N–H and O–H groups in total. The van der Waals surface area contributed by atoms with Crippen LogP contribution in [0.2, 0.25) is 0 Å². The monoisotopic (exact) mass is 272 g/mol. The summed E-state index contributed by atoms with van der Waals surface area (Å²) in [5, 5.41) is 36.5. The van der Waals surface area contributed by atoms with Crippen molar-refractivity contribution in [3.8, 4) is 0 Å². The van der Waals surface area contributed by atoms with E-state index >= 15 is 0 Å². The van der Waals surface area contributed by atoms with Gasteiger partial charge < -0.3 is 25.0 Å². The number of hydrogen-bond donors (Lipinski definition) is 5. The van der Waals surface area contributed by atoms with Gasteiger partial charge in [-0.25, -0.2) is 4.79 Å². The summed E-state index contributed by atoms with van der Waals surface area (Å²) in [4.78, 5) is 24.9. The summed E-state index contributed by atoms with van der Waals surface area (Å²) >= 11 is 0. The fourth-order valence-electron chi connectivity index (χ4n) is 1.95. The molecule has 1 fully saturated rings. The second-order valence-corrected chi connectivity index (χ2v) is 4.24. The predicted molar refractivity (Wildman–Crippen MR) is 62.8 cm³/mol. The Hall–Kier alpha value is -1.46. The van der Waals surface area contributed by atoms with Gasteiger partial charge in [-0.3, -0.25) is 14.3 Å². The Bertz CT molecular complexity index is 568. The lowest BCUT2D eigenvalue weighted by molar-refractivity contribution is -0.0458. The van der Waals surface area contributed by atoms with Gasteiger partial charge in [-0.05, 0) is 0 Å². The predicted octanol–water partition coefficient (Wildman–Crippen LogP) is -4.14. The zero-order valence-corrected chi connectivity index (χ0v) is 9.76. The maximum Gasteiger partial charge on any atom is 0.495 e. The van der Waals surface area contributed by atoms with Crippen LogP contribution in [-0.4, -0.2) is 55.7 Å². The van der Waals surface area contributed by atoms with Crippen LogP contribution in [0.4, 0.5) is 0 Å². The zero-order valence-electron chi connectivity index (χ0n) is 9.76. The third kappa shape index (κ3) is 2.62. The summed E-state index contributed by atoms with van der Waals surface area (Å²) in [6.45, 7) is -0.411. The van der Waals surface area contributed by atoms with E-state index in [4.69, 9.17) is 19.9 Å². The number of aromatic amines is 1. The average molecular weight is 272 g/mol. The molecule has 19 heavy (non-hydrogen) atoms. The number of nitrogens with zero attached hydrogens (tertiary/aromatic N) is 1. The van der Waals surface area contributed by atoms with Gasteiger partial charge >= 0.3 is 12.8 Å². The molecule has 0 saturated carbocycles. The van der Waals surface area contributed by atoms with E-state index < -0.39 is 48.9 Å². The Kier molecular flexibility index (Phi) is 3.87. The molecule has 0 aliphatic carbocycles. The highest BCUT2D eigenvalue weighted by Gasteiger charge is 2.35. The van der Waals surface area contributed by atoms with Gasteiger partial charge in [0.2, 0.25) is 0 Å². The summed E-state index contributed by atoms with van der Waals surface area (Å²) in [6.07, 6.45) is -1.67. The average Bonchev–Trinajstić information content (AvgIpc) is 2.69. The van der Waals surface area contributed by atoms with Crippen LogP contribution in [0.5, 0.6) is 0 Å². The highest BCUT2D eigenvalue weighted by atomic mass is 16.5. The van der Waals surface area contributed by atoms with Crippen molar-refractivity contribution in [3.63, 3.8) is 0 Å². The van der Waals surface area contributed by atoms with Crippen LogP contribution in [0.25, 0.3) is 0 Å². The van der Waals surface area contributed by atoms with Crippen molar-refractivity contribution in [2.75, 3.05) is 6.61 Å². The SMILES string of the molecule is O=c1[nH]c(=O)n(C2CC(O)C(CO)O2)cc1B(O)O. The minimum absolute atomic E-state index is 0.0398. The topological polar surface area (TPSA) is 145 Å². The van der Waals surface area contributed by atoms with E-state index in [1.54, 1.807) is 0 Å². The van der Waals surface area contributed by atoms with Crippen molar-refractivity contribution in [1.29, 1.82) is 0 Å². The Morgan fingerprint density at radius 1 is 1.47 bits per heavy atom. The van der Waals surface area contributed by atoms with Gasteiger partial charge in [0.05, 0.1) is 18.2 Å². The van der Waals surface area contributed by atoms with Crippen molar-refractivity contribution < 1.29 is 25.0 Å². The second kappa shape index (κ2) is 5.27. The summed E-state index contributed by atoms with van der Waals surface area (Å²) in [7, 11) is -2.03. The molecule has 2 rings (SSSR count). The molecule has 3 atom stereocenters. The standard InChI is InChI=1S/C9H13BN2O7/c13-3-6-5(14)1-7(19-6)12-2-4(10(17)18)8(15)11-9(12)16/h2,5-7,13-14,17-18H,1,3H2,(H,11,15,16). The molecule has 1 aliphatic heterocycles. The molecule has 1 saturated heterocycles. The van der Waals surface area contributed by atoms with Crippen LogP contribution in [0, 0.1) is 0 Å². The van der Waals surface area contributed by atoms with Gasteiger partial charge in [0.15, 0.2) is 0 Å². The molecule has 1 aromatic heterocycles. The molecule has 2 heterocycles. The van der Waals surface area contributed by atoms with E-state index in [1.165, 1.54) is 0 Å². The first kappa shape index (κ1) is 14.0. The lowest BCUT2D eigenvalue weighted by Gasteiger charge is -2.15. The number of rotatable bonds is 3. The largest absolute Gasteiger partial charge is 0.495 e. The van der Waals surface area contributed by atoms with E-state index in [0.717, 1.165) is 10.8 Å². The molecule has 0 aromatic carbocycles. The van der Waals surface area contributed by atoms with E-state index in [0.29, 0.717) is 0 Å². The van der Waals surface area contributed by atoms with Crippen LogP contribution >= 0.6 is 0 Å². The molecule has 0 radical (unpaired) electrons. The normalized spacial score (nSPS) is 26.6. The van der Waals surface area contributed by atoms with Gasteiger partial charge in [-0.2, -0.15) is 0 Å². The first-order valence-electron chi connectivity index (χ1n) is 5.60. The van der Waals surface area contributed by atoms with Gasteiger partial charge in [0, 0.05) is 12.6 Å². The van der Waals surface area contributed by atoms with Gasteiger partial charge in [-0.1, -0.05) is 0 Å². The summed E-state index contributed by atoms with van der Waals surface area (Å²) in [5.41, 5.74) is -2.12. The van der Waals surface area contributed by atoms with Crippen molar-refractivity contribution >= 4 is 12.6 Å². The van der Waals surface area contributed by atoms with E-state index in [-0.39, 0.29) is 6.42 Å². The number of aliphatic hydroxyl groups is 2. The quantitative estimate of drug-likeness (QED) is 0.351. The number of hydrogen-bond acceptors (Lipinski definition) is 7. The number of nitrogens with one attached hydrogen (secondary N) is 1. The zero-order chi connectivity index (χ0) is 14.2. The Labute approximate surface area is 106 Å². The van der Waals surface area contributed by atoms with Crippen LogP contribution in [-0.2, 0) is 4.74 Å². The van der Waals surface area contributed by atoms with Gasteiger partial charge in [0.25, 0.3) is 5.56 Å². The number of aromatic nitrogens is 2. The first-order chi connectivity index (χ1) is 8.93. The van der Waals surface area contributed by atoms with Crippen LogP contribution < -0.4 is 16.7 Å². The summed E-state index contributed by atoms with van der Waals surface area (Å²) in [6, 6.07) is 0. The lowest BCUT2D eigenvalue weighted by Crippen LogP contribution is -2.49. The third-order valence-corrected chi connectivity index (χ3v) is 2.97. The highest BCUT2D eigenvalue weighted by Crippen LogP contribution is 2.26. The molecule has 1 aromatic rings. The van der Waals surface area contributed by atoms with Gasteiger partial charge in [0.1, 0.15) is 12.3 Å². The molecule has 3 unspecified atom stereocenters. The molecule has 10 heteroatoms. The van der Waals surface area contributed by atoms with Gasteiger partial charge in [-0.15, -0.1) is 0 Å². The smallest absolute Gasteiger partial charge is 0.423 e. The highest BCUT2D eigenvalue weighted by molar-refractivity contribution is 6.58. The summed E-state index contributed by atoms with van der Waals surface area (Å²) < 4.78 is 6.18. The van der Waals surface area contributed by atoms with E-state index in [9.17, 15) is 14.7 Å². The van der Waals surface area contributed by atoms with Crippen molar-refractivity contribution in [2.45, 2.75) is 24.9 Å². The summed E-state index contributed by atoms with van der Waals surface area (Å²) in [5.74, 6) is 0. The fraction of sp³-hybridized carbons (Fsp3) is 0.556. The number of H-pyrrole nitrogens is 1. The van der Waals surface area contributed by atoms with Crippen molar-refractivity contribution in [1.82, 2.24) is 9.55 Å². The lowest BCUT2D eigenvalue weighted by atomic mass is 9.82. The van der Waals surface area contributed by atoms with Crippen molar-refractivity contribution in [3.05, 3.63) is 27.0 Å². The Morgan fingerprint density at radius 2 is 2.16 bits per heavy atom. The first-order valence-corrected chi connectivity index (χ1v) is 5.60. The molecule has 1 aliphatic rings. The van der Waals surface area contributed by atoms with Crippen LogP contribution in [0.15, 0.2) is 15.8 Å². The molecular formula is C9H13BN2O7. The molecule has 0 spiro atoms. The molecule has 0 bridgehead atoms. The minimum atomic E-state index is -2.03. The number of aliphatic hydroxyl groups excluding tert-OH is 2. The minimum Gasteiger partial charge on any atom is -0.423 e. The van der Waals surface area contributed by atoms with E-state index in [2.05, 4.69) is 0 Å². The molecule has 104 valence electrons. The third-order valence-electron chi connectivity index (χ3n) is 2.97. The van der Waals surface area contributed by atoms with Crippen LogP contribution in [0.3, 0.4) is 0 Å². The number of ether oxygens (including phenoxy) is 1. The molecule has 0 amide bonds.